The maximum Gasteiger partial charge on any atom is 0.325 e. The number of rotatable bonds is 5. The summed E-state index contributed by atoms with van der Waals surface area (Å²) in [5, 5.41) is 10.7. The van der Waals surface area contributed by atoms with Crippen molar-refractivity contribution < 1.29 is 14.0 Å². The summed E-state index contributed by atoms with van der Waals surface area (Å²) in [7, 11) is 0. The molecule has 1 saturated heterocycles. The number of carbonyl (C=O) groups excluding carboxylic acids is 2. The number of hydrogen-bond donors (Lipinski definition) is 1. The van der Waals surface area contributed by atoms with E-state index in [-0.39, 0.29) is 24.3 Å². The predicted octanol–water partition coefficient (Wildman–Crippen LogP) is 2.59. The summed E-state index contributed by atoms with van der Waals surface area (Å²) in [5.74, 6) is 0.613. The second-order valence-corrected chi connectivity index (χ2v) is 6.62. The standard InChI is InChI=1S/C17H20N4O3/c1-11(2)9-17(3)15(22)21(16(23)18-17)10-13-19-20-14(24-13)12-7-5-4-6-8-12/h4-8,11H,9-10H2,1-3H3,(H,18,23)/t17-/m0/s1. The number of carbonyl (C=O) groups is 2. The third kappa shape index (κ3) is 3.02. The highest BCUT2D eigenvalue weighted by Crippen LogP contribution is 2.26. The van der Waals surface area contributed by atoms with Crippen molar-refractivity contribution in [3.05, 3.63) is 36.2 Å². The van der Waals surface area contributed by atoms with E-state index >= 15 is 0 Å². The number of nitrogens with one attached hydrogen (secondary N) is 1. The Bertz CT molecular complexity index is 756. The molecule has 1 aromatic carbocycles. The fourth-order valence-corrected chi connectivity index (χ4v) is 3.00. The van der Waals surface area contributed by atoms with Crippen LogP contribution in [-0.2, 0) is 11.3 Å². The zero-order chi connectivity index (χ0) is 17.3. The van der Waals surface area contributed by atoms with Gasteiger partial charge in [0.1, 0.15) is 12.1 Å². The smallest absolute Gasteiger partial charge is 0.325 e. The molecule has 0 saturated carbocycles. The zero-order valence-electron chi connectivity index (χ0n) is 13.9. The number of hydrogen-bond acceptors (Lipinski definition) is 5. The van der Waals surface area contributed by atoms with E-state index in [0.717, 1.165) is 10.5 Å². The summed E-state index contributed by atoms with van der Waals surface area (Å²) in [4.78, 5) is 25.9. The van der Waals surface area contributed by atoms with Crippen molar-refractivity contribution in [2.24, 2.45) is 5.92 Å². The summed E-state index contributed by atoms with van der Waals surface area (Å²) in [6.45, 7) is 5.74. The first-order valence-electron chi connectivity index (χ1n) is 7.91. The van der Waals surface area contributed by atoms with Crippen molar-refractivity contribution in [3.63, 3.8) is 0 Å². The van der Waals surface area contributed by atoms with Gasteiger partial charge in [0.05, 0.1) is 0 Å². The molecule has 2 aromatic rings. The fraction of sp³-hybridized carbons (Fsp3) is 0.412. The quantitative estimate of drug-likeness (QED) is 0.852. The summed E-state index contributed by atoms with van der Waals surface area (Å²) in [6, 6.07) is 8.91. The lowest BCUT2D eigenvalue weighted by Crippen LogP contribution is -2.44. The largest absolute Gasteiger partial charge is 0.419 e. The topological polar surface area (TPSA) is 88.3 Å². The number of benzene rings is 1. The molecule has 1 aliphatic rings. The van der Waals surface area contributed by atoms with Gasteiger partial charge in [-0.1, -0.05) is 32.0 Å². The highest BCUT2D eigenvalue weighted by atomic mass is 16.4. The maximum atomic E-state index is 12.6. The molecule has 1 fully saturated rings. The van der Waals surface area contributed by atoms with E-state index in [1.54, 1.807) is 6.92 Å². The van der Waals surface area contributed by atoms with Crippen LogP contribution in [0.2, 0.25) is 0 Å². The molecule has 3 amide bonds. The normalized spacial score (nSPS) is 20.8. The van der Waals surface area contributed by atoms with E-state index in [2.05, 4.69) is 15.5 Å². The van der Waals surface area contributed by atoms with Crippen molar-refractivity contribution in [3.8, 4) is 11.5 Å². The van der Waals surface area contributed by atoms with Crippen molar-refractivity contribution in [1.29, 1.82) is 0 Å². The summed E-state index contributed by atoms with van der Waals surface area (Å²) < 4.78 is 5.58. The lowest BCUT2D eigenvalue weighted by atomic mass is 9.91. The predicted molar refractivity (Wildman–Crippen MR) is 86.7 cm³/mol. The number of aromatic nitrogens is 2. The van der Waals surface area contributed by atoms with Gasteiger partial charge in [0.2, 0.25) is 11.8 Å². The summed E-state index contributed by atoms with van der Waals surface area (Å²) in [5.41, 5.74) is -0.0915. The van der Waals surface area contributed by atoms with Crippen molar-refractivity contribution >= 4 is 11.9 Å². The molecule has 1 N–H and O–H groups in total. The Labute approximate surface area is 140 Å². The molecule has 3 rings (SSSR count). The first-order chi connectivity index (χ1) is 11.4. The lowest BCUT2D eigenvalue weighted by Gasteiger charge is -2.23. The van der Waals surface area contributed by atoms with Gasteiger partial charge in [-0.05, 0) is 31.4 Å². The summed E-state index contributed by atoms with van der Waals surface area (Å²) >= 11 is 0. The third-order valence-corrected chi connectivity index (χ3v) is 3.94. The molecule has 0 unspecified atom stereocenters. The fourth-order valence-electron chi connectivity index (χ4n) is 3.00. The van der Waals surface area contributed by atoms with E-state index in [4.69, 9.17) is 4.42 Å². The van der Waals surface area contributed by atoms with E-state index in [1.165, 1.54) is 0 Å². The second-order valence-electron chi connectivity index (χ2n) is 6.62. The van der Waals surface area contributed by atoms with E-state index in [0.29, 0.717) is 12.3 Å². The van der Waals surface area contributed by atoms with Gasteiger partial charge in [0, 0.05) is 5.56 Å². The zero-order valence-corrected chi connectivity index (χ0v) is 13.9. The molecule has 24 heavy (non-hydrogen) atoms. The Hall–Kier alpha value is -2.70. The number of urea groups is 1. The molecule has 7 heteroatoms. The van der Waals surface area contributed by atoms with Crippen LogP contribution in [0.4, 0.5) is 4.79 Å². The van der Waals surface area contributed by atoms with Crippen molar-refractivity contribution in [1.82, 2.24) is 20.4 Å². The van der Waals surface area contributed by atoms with Gasteiger partial charge in [0.15, 0.2) is 0 Å². The highest BCUT2D eigenvalue weighted by Gasteiger charge is 2.48. The molecule has 0 spiro atoms. The van der Waals surface area contributed by atoms with Gasteiger partial charge >= 0.3 is 6.03 Å². The molecule has 0 bridgehead atoms. The SMILES string of the molecule is CC(C)C[C@]1(C)NC(=O)N(Cc2nnc(-c3ccccc3)o2)C1=O. The molecule has 0 radical (unpaired) electrons. The van der Waals surface area contributed by atoms with Gasteiger partial charge in [-0.3, -0.25) is 9.69 Å². The lowest BCUT2D eigenvalue weighted by molar-refractivity contribution is -0.131. The van der Waals surface area contributed by atoms with Crippen LogP contribution in [0.5, 0.6) is 0 Å². The number of amides is 3. The minimum absolute atomic E-state index is 0.0296. The van der Waals surface area contributed by atoms with Gasteiger partial charge in [0.25, 0.3) is 5.91 Å². The van der Waals surface area contributed by atoms with Crippen LogP contribution in [0.15, 0.2) is 34.7 Å². The van der Waals surface area contributed by atoms with Gasteiger partial charge in [-0.15, -0.1) is 10.2 Å². The average Bonchev–Trinajstić information content (AvgIpc) is 3.07. The number of nitrogens with zero attached hydrogens (tertiary/aromatic N) is 3. The van der Waals surface area contributed by atoms with Gasteiger partial charge in [-0.2, -0.15) is 0 Å². The Morgan fingerprint density at radius 1 is 1.21 bits per heavy atom. The van der Waals surface area contributed by atoms with Crippen molar-refractivity contribution in [2.75, 3.05) is 0 Å². The molecule has 2 heterocycles. The first-order valence-corrected chi connectivity index (χ1v) is 7.91. The van der Waals surface area contributed by atoms with Crippen LogP contribution in [0.3, 0.4) is 0 Å². The van der Waals surface area contributed by atoms with Gasteiger partial charge in [-0.25, -0.2) is 4.79 Å². The first kappa shape index (κ1) is 16.2. The minimum Gasteiger partial charge on any atom is -0.419 e. The molecule has 7 nitrogen and oxygen atoms in total. The minimum atomic E-state index is -0.881. The van der Waals surface area contributed by atoms with E-state index in [9.17, 15) is 9.59 Å². The van der Waals surface area contributed by atoms with Crippen LogP contribution >= 0.6 is 0 Å². The molecule has 126 valence electrons. The van der Waals surface area contributed by atoms with Crippen molar-refractivity contribution in [2.45, 2.75) is 39.3 Å². The Morgan fingerprint density at radius 3 is 2.58 bits per heavy atom. The Kier molecular flexibility index (Phi) is 4.09. The molecular weight excluding hydrogens is 308 g/mol. The van der Waals surface area contributed by atoms with Crippen LogP contribution in [0, 0.1) is 5.92 Å². The Balaban J connectivity index is 1.76. The van der Waals surface area contributed by atoms with Gasteiger partial charge < -0.3 is 9.73 Å². The number of imide groups is 1. The highest BCUT2D eigenvalue weighted by molar-refractivity contribution is 6.06. The van der Waals surface area contributed by atoms with E-state index in [1.807, 2.05) is 44.2 Å². The van der Waals surface area contributed by atoms with Crippen LogP contribution in [-0.4, -0.2) is 32.6 Å². The second kappa shape index (κ2) is 6.07. The Morgan fingerprint density at radius 2 is 1.92 bits per heavy atom. The van der Waals surface area contributed by atoms with Crippen LogP contribution in [0.25, 0.3) is 11.5 Å². The third-order valence-electron chi connectivity index (χ3n) is 3.94. The molecule has 1 aliphatic heterocycles. The maximum absolute atomic E-state index is 12.6. The average molecular weight is 328 g/mol. The molecular formula is C17H20N4O3. The van der Waals surface area contributed by atoms with E-state index < -0.39 is 11.6 Å². The molecule has 1 atom stereocenters. The molecule has 0 aliphatic carbocycles. The summed E-state index contributed by atoms with van der Waals surface area (Å²) in [6.07, 6.45) is 0.577. The monoisotopic (exact) mass is 328 g/mol. The molecule has 1 aromatic heterocycles. The van der Waals surface area contributed by atoms with Crippen LogP contribution < -0.4 is 5.32 Å². The van der Waals surface area contributed by atoms with Crippen LogP contribution in [0.1, 0.15) is 33.1 Å².